The van der Waals surface area contributed by atoms with Crippen LogP contribution in [0.15, 0.2) is 51.7 Å². The first kappa shape index (κ1) is 39.2. The van der Waals surface area contributed by atoms with Crippen molar-refractivity contribution in [2.45, 2.75) is 99.0 Å². The summed E-state index contributed by atoms with van der Waals surface area (Å²) in [6.07, 6.45) is -24.7. The van der Waals surface area contributed by atoms with Gasteiger partial charge in [-0.3, -0.25) is 4.79 Å². The number of rotatable bonds is 10. The maximum atomic E-state index is 13.1. The van der Waals surface area contributed by atoms with Gasteiger partial charge in [0.05, 0.1) is 26.4 Å². The Morgan fingerprint density at radius 3 is 2.02 bits per heavy atom. The molecule has 1 aromatic heterocycles. The molecule has 3 fully saturated rings. The Bertz CT molecular complexity index is 1750. The van der Waals surface area contributed by atoms with Crippen LogP contribution < -0.4 is 14.9 Å². The van der Waals surface area contributed by atoms with Gasteiger partial charge in [0.1, 0.15) is 95.0 Å². The minimum absolute atomic E-state index is 0.119. The molecule has 6 rings (SSSR count). The molecule has 0 spiro atoms. The van der Waals surface area contributed by atoms with Crippen LogP contribution in [0.3, 0.4) is 0 Å². The molecule has 53 heavy (non-hydrogen) atoms. The molecule has 0 amide bonds. The lowest BCUT2D eigenvalue weighted by Gasteiger charge is -2.46. The van der Waals surface area contributed by atoms with Crippen LogP contribution in [-0.4, -0.2) is 164 Å². The fourth-order valence-electron chi connectivity index (χ4n) is 6.30. The summed E-state index contributed by atoms with van der Waals surface area (Å²) >= 11 is 0. The highest BCUT2D eigenvalue weighted by molar-refractivity contribution is 5.86. The molecule has 3 aliphatic rings. The summed E-state index contributed by atoms with van der Waals surface area (Å²) in [6.45, 7) is 0.00675. The van der Waals surface area contributed by atoms with Crippen molar-refractivity contribution in [1.82, 2.24) is 0 Å². The third-order valence-electron chi connectivity index (χ3n) is 9.43. The van der Waals surface area contributed by atoms with Crippen molar-refractivity contribution < 1.29 is 88.6 Å². The van der Waals surface area contributed by atoms with Crippen LogP contribution in [0.5, 0.6) is 17.2 Å². The smallest absolute Gasteiger partial charge is 0.229 e. The Morgan fingerprint density at radius 1 is 0.698 bits per heavy atom. The van der Waals surface area contributed by atoms with Crippen molar-refractivity contribution >= 4 is 11.0 Å². The van der Waals surface area contributed by atoms with Crippen LogP contribution in [0.25, 0.3) is 22.3 Å². The number of ether oxygens (including phenoxy) is 7. The lowest BCUT2D eigenvalue weighted by atomic mass is 9.97. The van der Waals surface area contributed by atoms with Gasteiger partial charge in [-0.1, -0.05) is 0 Å². The zero-order valence-corrected chi connectivity index (χ0v) is 28.3. The molecule has 0 bridgehead atoms. The SMILES string of the molecule is COc1ccc(-c2cc(=O)c3c(O)cc(OC4OC(COC5OC(CO)C(O)C(O)C5O)C(O)C(O)C4OC4OC(C)C(O)C(O)C4O)cc3o2)cc1. The van der Waals surface area contributed by atoms with Crippen molar-refractivity contribution in [3.63, 3.8) is 0 Å². The van der Waals surface area contributed by atoms with Gasteiger partial charge >= 0.3 is 0 Å². The monoisotopic (exact) mass is 754 g/mol. The van der Waals surface area contributed by atoms with Crippen molar-refractivity contribution in [2.24, 2.45) is 0 Å². The summed E-state index contributed by atoms with van der Waals surface area (Å²) in [4.78, 5) is 13.1. The highest BCUT2D eigenvalue weighted by Gasteiger charge is 2.52. The predicted octanol–water partition coefficient (Wildman–Crippen LogP) is -2.97. The summed E-state index contributed by atoms with van der Waals surface area (Å²) in [5.74, 6) is -0.0559. The van der Waals surface area contributed by atoms with E-state index < -0.39 is 117 Å². The Kier molecular flexibility index (Phi) is 11.9. The van der Waals surface area contributed by atoms with Crippen molar-refractivity contribution in [3.8, 4) is 28.6 Å². The molecule has 292 valence electrons. The number of aromatic hydroxyl groups is 1. The Balaban J connectivity index is 1.30. The van der Waals surface area contributed by atoms with Gasteiger partial charge in [0.15, 0.2) is 24.1 Å². The quantitative estimate of drug-likeness (QED) is 0.0988. The van der Waals surface area contributed by atoms with E-state index in [1.807, 2.05) is 0 Å². The largest absolute Gasteiger partial charge is 0.507 e. The minimum atomic E-state index is -1.92. The van der Waals surface area contributed by atoms with Crippen LogP contribution in [0.2, 0.25) is 0 Å². The zero-order valence-electron chi connectivity index (χ0n) is 28.3. The zero-order chi connectivity index (χ0) is 38.3. The van der Waals surface area contributed by atoms with Crippen LogP contribution >= 0.6 is 0 Å². The lowest BCUT2D eigenvalue weighted by molar-refractivity contribution is -0.360. The maximum Gasteiger partial charge on any atom is 0.229 e. The maximum absolute atomic E-state index is 13.1. The average Bonchev–Trinajstić information content (AvgIpc) is 3.14. The third-order valence-corrected chi connectivity index (χ3v) is 9.43. The molecule has 0 radical (unpaired) electrons. The third kappa shape index (κ3) is 7.86. The summed E-state index contributed by atoms with van der Waals surface area (Å²) in [6, 6.07) is 10.1. The number of methoxy groups -OCH3 is 1. The topological polar surface area (TPSA) is 297 Å². The second-order valence-electron chi connectivity index (χ2n) is 13.0. The molecule has 19 heteroatoms. The first-order chi connectivity index (χ1) is 25.2. The van der Waals surface area contributed by atoms with Crippen molar-refractivity contribution in [1.29, 1.82) is 0 Å². The second kappa shape index (κ2) is 16.1. The van der Waals surface area contributed by atoms with Gasteiger partial charge in [0, 0.05) is 23.8 Å². The number of hydrogen-bond donors (Lipinski definition) is 10. The predicted molar refractivity (Wildman–Crippen MR) is 174 cm³/mol. The number of phenolic OH excluding ortho intramolecular Hbond substituents is 1. The highest BCUT2D eigenvalue weighted by Crippen LogP contribution is 2.35. The van der Waals surface area contributed by atoms with E-state index in [-0.39, 0.29) is 22.5 Å². The average molecular weight is 755 g/mol. The van der Waals surface area contributed by atoms with Gasteiger partial charge in [0.25, 0.3) is 0 Å². The Morgan fingerprint density at radius 2 is 1.34 bits per heavy atom. The van der Waals surface area contributed by atoms with Gasteiger partial charge in [-0.05, 0) is 31.2 Å². The van der Waals surface area contributed by atoms with Crippen molar-refractivity contribution in [2.75, 3.05) is 20.3 Å². The van der Waals surface area contributed by atoms with E-state index in [2.05, 4.69) is 0 Å². The molecule has 15 atom stereocenters. The number of hydrogen-bond acceptors (Lipinski definition) is 19. The molecular formula is C34H42O19. The highest BCUT2D eigenvalue weighted by atomic mass is 16.8. The fraction of sp³-hybridized carbons (Fsp3) is 0.559. The van der Waals surface area contributed by atoms with Crippen molar-refractivity contribution in [3.05, 3.63) is 52.7 Å². The van der Waals surface area contributed by atoms with Crippen LogP contribution in [0, 0.1) is 0 Å². The molecule has 2 aromatic carbocycles. The molecular weight excluding hydrogens is 712 g/mol. The fourth-order valence-corrected chi connectivity index (χ4v) is 6.30. The van der Waals surface area contributed by atoms with E-state index in [9.17, 15) is 55.9 Å². The number of aliphatic hydroxyl groups is 9. The van der Waals surface area contributed by atoms with E-state index in [0.717, 1.165) is 6.07 Å². The number of aliphatic hydroxyl groups excluding tert-OH is 9. The molecule has 3 saturated heterocycles. The minimum Gasteiger partial charge on any atom is -0.507 e. The van der Waals surface area contributed by atoms with E-state index in [1.165, 1.54) is 26.2 Å². The molecule has 0 saturated carbocycles. The van der Waals surface area contributed by atoms with E-state index >= 15 is 0 Å². The van der Waals surface area contributed by atoms with Gasteiger partial charge < -0.3 is 88.6 Å². The normalized spacial score (nSPS) is 37.8. The van der Waals surface area contributed by atoms with Gasteiger partial charge in [-0.25, -0.2) is 0 Å². The summed E-state index contributed by atoms with van der Waals surface area (Å²) in [5, 5.41) is 104. The molecule has 3 aliphatic heterocycles. The number of fused-ring (bicyclic) bond motifs is 1. The summed E-state index contributed by atoms with van der Waals surface area (Å²) in [7, 11) is 1.49. The van der Waals surface area contributed by atoms with E-state index in [0.29, 0.717) is 11.3 Å². The summed E-state index contributed by atoms with van der Waals surface area (Å²) in [5.41, 5.74) is -0.197. The standard InChI is InChI=1S/C34H42O19/c1-12-23(38)26(41)30(45)33(48-12)53-31-28(43)25(40)21(11-47-32-29(44)27(42)24(39)20(10-35)51-32)52-34(31)49-15-7-16(36)22-17(37)9-18(50-19(22)8-15)13-3-5-14(46-2)6-4-13/h3-9,12,20-21,23-36,38-45H,10-11H2,1-2H3. The summed E-state index contributed by atoms with van der Waals surface area (Å²) < 4.78 is 45.3. The van der Waals surface area contributed by atoms with Gasteiger partial charge in [-0.15, -0.1) is 0 Å². The van der Waals surface area contributed by atoms with Crippen LogP contribution in [0.4, 0.5) is 0 Å². The number of benzene rings is 2. The molecule has 4 heterocycles. The molecule has 19 nitrogen and oxygen atoms in total. The van der Waals surface area contributed by atoms with Gasteiger partial charge in [0.2, 0.25) is 6.29 Å². The number of phenols is 1. The van der Waals surface area contributed by atoms with E-state index in [4.69, 9.17) is 37.6 Å². The molecule has 10 N–H and O–H groups in total. The van der Waals surface area contributed by atoms with Crippen LogP contribution in [-0.2, 0) is 23.7 Å². The Hall–Kier alpha value is -3.51. The molecule has 15 unspecified atom stereocenters. The molecule has 0 aliphatic carbocycles. The Labute approximate surface area is 300 Å². The second-order valence-corrected chi connectivity index (χ2v) is 13.0. The first-order valence-electron chi connectivity index (χ1n) is 16.6. The van der Waals surface area contributed by atoms with Crippen LogP contribution in [0.1, 0.15) is 6.92 Å². The lowest BCUT2D eigenvalue weighted by Crippen LogP contribution is -2.65. The van der Waals surface area contributed by atoms with Gasteiger partial charge in [-0.2, -0.15) is 0 Å². The first-order valence-corrected chi connectivity index (χ1v) is 16.6. The van der Waals surface area contributed by atoms with E-state index in [1.54, 1.807) is 24.3 Å². The molecule has 3 aromatic rings.